The van der Waals surface area contributed by atoms with Crippen LogP contribution >= 0.6 is 22.9 Å². The number of aryl methyl sites for hydroxylation is 2. The van der Waals surface area contributed by atoms with Crippen molar-refractivity contribution in [1.82, 2.24) is 29.5 Å². The molecule has 0 saturated carbocycles. The second-order valence-corrected chi connectivity index (χ2v) is 12.9. The number of anilines is 2. The van der Waals surface area contributed by atoms with Crippen molar-refractivity contribution in [2.24, 2.45) is 0 Å². The Hall–Kier alpha value is -3.57. The van der Waals surface area contributed by atoms with Crippen molar-refractivity contribution in [2.75, 3.05) is 39.0 Å². The van der Waals surface area contributed by atoms with Gasteiger partial charge in [-0.2, -0.15) is 5.10 Å². The summed E-state index contributed by atoms with van der Waals surface area (Å²) in [6, 6.07) is 12.5. The highest BCUT2D eigenvalue weighted by atomic mass is 35.5. The van der Waals surface area contributed by atoms with Crippen LogP contribution in [-0.4, -0.2) is 69.3 Å². The average Bonchev–Trinajstić information content (AvgIpc) is 3.72. The maximum Gasteiger partial charge on any atom is 0.142 e. The van der Waals surface area contributed by atoms with Crippen LogP contribution in [0.15, 0.2) is 55.0 Å². The number of fused-ring (bicyclic) bond motifs is 5. The first kappa shape index (κ1) is 28.2. The summed E-state index contributed by atoms with van der Waals surface area (Å²) in [6.45, 7) is 4.41. The molecule has 1 N–H and O–H groups in total. The highest BCUT2D eigenvalue weighted by molar-refractivity contribution is 7.22. The number of nitrogens with one attached hydrogen (secondary N) is 1. The first-order chi connectivity index (χ1) is 20.9. The average molecular weight is 618 g/mol. The second kappa shape index (κ2) is 11.8. The minimum atomic E-state index is -0.292. The van der Waals surface area contributed by atoms with Crippen LogP contribution in [0.3, 0.4) is 0 Å². The third-order valence-corrected chi connectivity index (χ3v) is 9.85. The molecule has 11 heteroatoms. The van der Waals surface area contributed by atoms with Gasteiger partial charge in [0.15, 0.2) is 0 Å². The first-order valence-electron chi connectivity index (χ1n) is 14.6. The lowest BCUT2D eigenvalue weighted by molar-refractivity contribution is 0.261. The molecular weight excluding hydrogens is 585 g/mol. The zero-order valence-electron chi connectivity index (χ0n) is 24.2. The number of benzene rings is 2. The number of halogens is 2. The number of rotatable bonds is 9. The summed E-state index contributed by atoms with van der Waals surface area (Å²) < 4.78 is 21.5. The van der Waals surface area contributed by atoms with Crippen LogP contribution in [0.5, 0.6) is 5.75 Å². The van der Waals surface area contributed by atoms with Gasteiger partial charge in [0.05, 0.1) is 22.6 Å². The Morgan fingerprint density at radius 3 is 2.86 bits per heavy atom. The third-order valence-electron chi connectivity index (χ3n) is 8.38. The van der Waals surface area contributed by atoms with Crippen LogP contribution in [0, 0.1) is 5.82 Å². The van der Waals surface area contributed by atoms with Crippen LogP contribution in [0.25, 0.3) is 20.7 Å². The van der Waals surface area contributed by atoms with E-state index in [1.54, 1.807) is 23.7 Å². The van der Waals surface area contributed by atoms with Gasteiger partial charge >= 0.3 is 0 Å². The number of hydrogen-bond donors (Lipinski definition) is 1. The summed E-state index contributed by atoms with van der Waals surface area (Å²) in [5.41, 5.74) is 5.18. The van der Waals surface area contributed by atoms with E-state index in [0.717, 1.165) is 72.0 Å². The molecule has 0 radical (unpaired) electrons. The van der Waals surface area contributed by atoms with E-state index in [0.29, 0.717) is 16.8 Å². The van der Waals surface area contributed by atoms with Crippen LogP contribution < -0.4 is 10.1 Å². The van der Waals surface area contributed by atoms with Gasteiger partial charge in [0.2, 0.25) is 0 Å². The zero-order valence-corrected chi connectivity index (χ0v) is 25.8. The van der Waals surface area contributed by atoms with E-state index in [2.05, 4.69) is 50.1 Å². The first-order valence-corrected chi connectivity index (χ1v) is 15.8. The molecule has 1 aliphatic carbocycles. The maximum atomic E-state index is 13.5. The van der Waals surface area contributed by atoms with Crippen molar-refractivity contribution in [2.45, 2.75) is 38.5 Å². The van der Waals surface area contributed by atoms with E-state index >= 15 is 0 Å². The predicted octanol–water partition coefficient (Wildman–Crippen LogP) is 6.40. The molecule has 2 aliphatic rings. The molecule has 4 heterocycles. The fraction of sp³-hybridized carbons (Fsp3) is 0.344. The third kappa shape index (κ3) is 5.84. The minimum Gasteiger partial charge on any atom is -0.487 e. The van der Waals surface area contributed by atoms with Crippen LogP contribution in [0.1, 0.15) is 23.2 Å². The second-order valence-electron chi connectivity index (χ2n) is 11.5. The van der Waals surface area contributed by atoms with Crippen molar-refractivity contribution in [3.8, 4) is 16.2 Å². The fourth-order valence-electron chi connectivity index (χ4n) is 6.04. The highest BCUT2D eigenvalue weighted by Crippen LogP contribution is 2.45. The molecule has 0 spiro atoms. The monoisotopic (exact) mass is 617 g/mol. The number of likely N-dealkylation sites (N-methyl/N-ethyl adjacent to an activating group) is 1. The number of ether oxygens (including phenoxy) is 1. The molecule has 0 unspecified atom stereocenters. The number of hydrogen-bond acceptors (Lipinski definition) is 8. The summed E-state index contributed by atoms with van der Waals surface area (Å²) in [6.07, 6.45) is 6.83. The Morgan fingerprint density at radius 2 is 2.05 bits per heavy atom. The van der Waals surface area contributed by atoms with Crippen LogP contribution in [0.4, 0.5) is 15.9 Å². The topological polar surface area (TPSA) is 71.3 Å². The zero-order chi connectivity index (χ0) is 29.5. The van der Waals surface area contributed by atoms with E-state index in [4.69, 9.17) is 21.4 Å². The van der Waals surface area contributed by atoms with Gasteiger partial charge in [-0.3, -0.25) is 9.58 Å². The van der Waals surface area contributed by atoms with Crippen molar-refractivity contribution in [1.29, 1.82) is 0 Å². The van der Waals surface area contributed by atoms with Gasteiger partial charge < -0.3 is 15.0 Å². The fourth-order valence-corrected chi connectivity index (χ4v) is 7.49. The van der Waals surface area contributed by atoms with E-state index < -0.39 is 0 Å². The van der Waals surface area contributed by atoms with Crippen molar-refractivity contribution >= 4 is 44.7 Å². The number of thiophene rings is 1. The molecule has 1 atom stereocenters. The number of aromatic nitrogens is 4. The molecule has 7 rings (SSSR count). The Balaban J connectivity index is 1.08. The van der Waals surface area contributed by atoms with Crippen LogP contribution in [0.2, 0.25) is 5.02 Å². The van der Waals surface area contributed by atoms with Gasteiger partial charge in [-0.05, 0) is 81.4 Å². The Labute approximate surface area is 259 Å². The van der Waals surface area contributed by atoms with Crippen LogP contribution in [-0.2, 0) is 26.0 Å². The summed E-state index contributed by atoms with van der Waals surface area (Å²) in [5.74, 6) is 0.996. The lowest BCUT2D eigenvalue weighted by atomic mass is 9.95. The van der Waals surface area contributed by atoms with Gasteiger partial charge in [-0.15, -0.1) is 11.3 Å². The molecule has 43 heavy (non-hydrogen) atoms. The van der Waals surface area contributed by atoms with E-state index in [1.807, 2.05) is 24.3 Å². The van der Waals surface area contributed by atoms with Gasteiger partial charge in [-0.25, -0.2) is 14.4 Å². The molecular formula is C32H33ClFN7OS. The highest BCUT2D eigenvalue weighted by Gasteiger charge is 2.27. The molecule has 3 aromatic heterocycles. The van der Waals surface area contributed by atoms with Crippen molar-refractivity contribution in [3.63, 3.8) is 0 Å². The lowest BCUT2D eigenvalue weighted by Crippen LogP contribution is -2.32. The molecule has 8 nitrogen and oxygen atoms in total. The molecule has 1 aliphatic heterocycles. The number of nitrogens with zero attached hydrogens (tertiary/aromatic N) is 6. The quantitative estimate of drug-likeness (QED) is 0.205. The smallest absolute Gasteiger partial charge is 0.142 e. The summed E-state index contributed by atoms with van der Waals surface area (Å²) in [7, 11) is 4.34. The Bertz CT molecular complexity index is 1790. The maximum absolute atomic E-state index is 13.5. The Morgan fingerprint density at radius 1 is 1.14 bits per heavy atom. The molecule has 222 valence electrons. The lowest BCUT2D eigenvalue weighted by Gasteiger charge is -2.20. The molecule has 1 fully saturated rings. The SMILES string of the molecule is CN(C)[C@H]1CCN(CCn2cc3c(n2)CCc2c-3sc3ncnc(Nc4ccc(OCc5cccc(F)c5)c(Cl)c4)c23)C1. The Kier molecular flexibility index (Phi) is 7.77. The standard InChI is InChI=1S/C32H33ClFN7OS/c1-39(2)23-10-11-40(16-23)12-13-41-17-25-27(38-41)8-7-24-29-31(35-19-36-32(29)43-30(24)25)37-22-6-9-28(26(33)15-22)42-18-20-4-3-5-21(34)14-20/h3-6,9,14-15,17,19,23H,7-8,10-13,16,18H2,1-2H3,(H,35,36,37)/t23-/m0/s1. The largest absolute Gasteiger partial charge is 0.487 e. The van der Waals surface area contributed by atoms with E-state index in [9.17, 15) is 4.39 Å². The van der Waals surface area contributed by atoms with Gasteiger partial charge in [0.1, 0.15) is 35.1 Å². The van der Waals surface area contributed by atoms with Gasteiger partial charge in [0, 0.05) is 41.5 Å². The molecule has 0 bridgehead atoms. The van der Waals surface area contributed by atoms with E-state index in [1.165, 1.54) is 34.6 Å². The molecule has 5 aromatic rings. The molecule has 0 amide bonds. The molecule has 1 saturated heterocycles. The van der Waals surface area contributed by atoms with E-state index in [-0.39, 0.29) is 12.4 Å². The van der Waals surface area contributed by atoms with Gasteiger partial charge in [0.25, 0.3) is 0 Å². The van der Waals surface area contributed by atoms with Gasteiger partial charge in [-0.1, -0.05) is 23.7 Å². The predicted molar refractivity (Wildman–Crippen MR) is 170 cm³/mol. The van der Waals surface area contributed by atoms with Crippen molar-refractivity contribution < 1.29 is 9.13 Å². The minimum absolute atomic E-state index is 0.228. The summed E-state index contributed by atoms with van der Waals surface area (Å²) in [5, 5.41) is 9.94. The summed E-state index contributed by atoms with van der Waals surface area (Å²) in [4.78, 5) is 16.3. The summed E-state index contributed by atoms with van der Waals surface area (Å²) >= 11 is 8.27. The number of likely N-dealkylation sites (tertiary alicyclic amines) is 1. The molecule has 2 aromatic carbocycles. The van der Waals surface area contributed by atoms with Crippen molar-refractivity contribution in [3.05, 3.63) is 82.6 Å². The normalized spacial score (nSPS) is 16.5.